The molecule has 0 aliphatic carbocycles. The van der Waals surface area contributed by atoms with Gasteiger partial charge in [0.25, 0.3) is 0 Å². The van der Waals surface area contributed by atoms with Gasteiger partial charge in [-0.1, -0.05) is 42.5 Å². The number of nitrogens with one attached hydrogen (secondary N) is 1. The second-order valence-corrected chi connectivity index (χ2v) is 5.88. The fourth-order valence-electron chi connectivity index (χ4n) is 1.90. The van der Waals surface area contributed by atoms with Crippen LogP contribution in [0.3, 0.4) is 0 Å². The Balaban J connectivity index is 2.24. The predicted octanol–water partition coefficient (Wildman–Crippen LogP) is 3.16. The lowest BCUT2D eigenvalue weighted by Crippen LogP contribution is -2.31. The van der Waals surface area contributed by atoms with Crippen molar-refractivity contribution in [3.05, 3.63) is 58.2 Å². The van der Waals surface area contributed by atoms with Gasteiger partial charge < -0.3 is 11.1 Å². The van der Waals surface area contributed by atoms with E-state index in [9.17, 15) is 4.79 Å². The second kappa shape index (κ2) is 6.78. The standard InChI is InChI=1S/C15H14BrN3OS/c1-9-7-12(18-8-11(9)16)19-15(20)13(14(17)21)10-5-3-2-4-6-10/h2-8,13H,1H3,(H2,17,21)(H,18,19,20). The maximum atomic E-state index is 12.4. The van der Waals surface area contributed by atoms with E-state index in [-0.39, 0.29) is 10.9 Å². The zero-order valence-electron chi connectivity index (χ0n) is 11.3. The van der Waals surface area contributed by atoms with Gasteiger partial charge in [-0.15, -0.1) is 0 Å². The first-order chi connectivity index (χ1) is 9.99. The number of halogens is 1. The van der Waals surface area contributed by atoms with Crippen LogP contribution in [0.4, 0.5) is 5.82 Å². The van der Waals surface area contributed by atoms with E-state index in [0.29, 0.717) is 5.82 Å². The summed E-state index contributed by atoms with van der Waals surface area (Å²) >= 11 is 8.40. The van der Waals surface area contributed by atoms with Crippen LogP contribution < -0.4 is 11.1 Å². The first kappa shape index (κ1) is 15.6. The van der Waals surface area contributed by atoms with Crippen molar-refractivity contribution in [2.75, 3.05) is 5.32 Å². The molecule has 1 atom stereocenters. The normalized spacial score (nSPS) is 11.7. The van der Waals surface area contributed by atoms with Crippen LogP contribution in [0.15, 0.2) is 47.1 Å². The van der Waals surface area contributed by atoms with Gasteiger partial charge in [-0.25, -0.2) is 4.98 Å². The minimum Gasteiger partial charge on any atom is -0.392 e. The van der Waals surface area contributed by atoms with Gasteiger partial charge in [0, 0.05) is 10.7 Å². The highest BCUT2D eigenvalue weighted by molar-refractivity contribution is 9.10. The molecule has 108 valence electrons. The number of pyridine rings is 1. The summed E-state index contributed by atoms with van der Waals surface area (Å²) in [6, 6.07) is 11.0. The Morgan fingerprint density at radius 1 is 1.38 bits per heavy atom. The lowest BCUT2D eigenvalue weighted by Gasteiger charge is -2.15. The number of nitrogens with zero attached hydrogens (tertiary/aromatic N) is 1. The monoisotopic (exact) mass is 363 g/mol. The van der Waals surface area contributed by atoms with E-state index >= 15 is 0 Å². The van der Waals surface area contributed by atoms with Crippen LogP contribution in [-0.4, -0.2) is 15.9 Å². The van der Waals surface area contributed by atoms with Crippen molar-refractivity contribution < 1.29 is 4.79 Å². The Morgan fingerprint density at radius 2 is 2.05 bits per heavy atom. The summed E-state index contributed by atoms with van der Waals surface area (Å²) in [5, 5.41) is 2.75. The molecule has 0 spiro atoms. The number of carbonyl (C=O) groups is 1. The van der Waals surface area contributed by atoms with Crippen LogP contribution in [-0.2, 0) is 4.79 Å². The number of amides is 1. The zero-order chi connectivity index (χ0) is 15.4. The van der Waals surface area contributed by atoms with Crippen LogP contribution >= 0.6 is 28.1 Å². The Bertz CT molecular complexity index is 676. The van der Waals surface area contributed by atoms with Crippen molar-refractivity contribution in [2.24, 2.45) is 5.73 Å². The van der Waals surface area contributed by atoms with Crippen molar-refractivity contribution in [2.45, 2.75) is 12.8 Å². The third-order valence-corrected chi connectivity index (χ3v) is 4.04. The SMILES string of the molecule is Cc1cc(NC(=O)C(C(N)=S)c2ccccc2)ncc1Br. The zero-order valence-corrected chi connectivity index (χ0v) is 13.7. The number of rotatable bonds is 4. The summed E-state index contributed by atoms with van der Waals surface area (Å²) < 4.78 is 0.884. The van der Waals surface area contributed by atoms with E-state index in [0.717, 1.165) is 15.6 Å². The van der Waals surface area contributed by atoms with E-state index < -0.39 is 5.92 Å². The van der Waals surface area contributed by atoms with E-state index in [4.69, 9.17) is 18.0 Å². The number of thiocarbonyl (C=S) groups is 1. The van der Waals surface area contributed by atoms with E-state index in [1.54, 1.807) is 12.3 Å². The topological polar surface area (TPSA) is 68.0 Å². The van der Waals surface area contributed by atoms with Crippen LogP contribution in [0.25, 0.3) is 0 Å². The highest BCUT2D eigenvalue weighted by Crippen LogP contribution is 2.21. The van der Waals surface area contributed by atoms with Gasteiger partial charge in [0.15, 0.2) is 0 Å². The molecule has 0 bridgehead atoms. The van der Waals surface area contributed by atoms with Crippen LogP contribution in [0, 0.1) is 6.92 Å². The van der Waals surface area contributed by atoms with Crippen LogP contribution in [0.5, 0.6) is 0 Å². The van der Waals surface area contributed by atoms with Crippen LogP contribution in [0.2, 0.25) is 0 Å². The molecule has 1 aromatic heterocycles. The molecule has 0 aliphatic rings. The summed E-state index contributed by atoms with van der Waals surface area (Å²) in [6.07, 6.45) is 1.64. The second-order valence-electron chi connectivity index (χ2n) is 4.55. The molecular formula is C15H14BrN3OS. The quantitative estimate of drug-likeness (QED) is 0.818. The van der Waals surface area contributed by atoms with E-state index in [2.05, 4.69) is 26.2 Å². The molecule has 21 heavy (non-hydrogen) atoms. The van der Waals surface area contributed by atoms with Crippen molar-refractivity contribution in [3.63, 3.8) is 0 Å². The molecule has 3 N–H and O–H groups in total. The molecule has 6 heteroatoms. The van der Waals surface area contributed by atoms with Gasteiger partial charge in [-0.2, -0.15) is 0 Å². The number of anilines is 1. The summed E-state index contributed by atoms with van der Waals surface area (Å²) in [5.41, 5.74) is 7.46. The van der Waals surface area contributed by atoms with E-state index in [1.165, 1.54) is 0 Å². The van der Waals surface area contributed by atoms with Crippen molar-refractivity contribution in [1.29, 1.82) is 0 Å². The molecular weight excluding hydrogens is 350 g/mol. The molecule has 1 amide bonds. The number of hydrogen-bond acceptors (Lipinski definition) is 3. The average molecular weight is 364 g/mol. The predicted molar refractivity (Wildman–Crippen MR) is 91.3 cm³/mol. The highest BCUT2D eigenvalue weighted by atomic mass is 79.9. The number of carbonyl (C=O) groups excluding carboxylic acids is 1. The molecule has 0 aliphatic heterocycles. The van der Waals surface area contributed by atoms with Gasteiger partial charge in [0.2, 0.25) is 5.91 Å². The lowest BCUT2D eigenvalue weighted by molar-refractivity contribution is -0.116. The van der Waals surface area contributed by atoms with Crippen molar-refractivity contribution in [3.8, 4) is 0 Å². The smallest absolute Gasteiger partial charge is 0.239 e. The average Bonchev–Trinajstić information content (AvgIpc) is 2.44. The molecule has 2 rings (SSSR count). The van der Waals surface area contributed by atoms with Gasteiger partial charge in [-0.3, -0.25) is 4.79 Å². The molecule has 1 aromatic carbocycles. The largest absolute Gasteiger partial charge is 0.392 e. The Labute approximate surface area is 136 Å². The summed E-state index contributed by atoms with van der Waals surface area (Å²) in [6.45, 7) is 1.92. The number of nitrogens with two attached hydrogens (primary N) is 1. The summed E-state index contributed by atoms with van der Waals surface area (Å²) in [7, 11) is 0. The Morgan fingerprint density at radius 3 is 2.62 bits per heavy atom. The molecule has 2 aromatic rings. The Hall–Kier alpha value is -1.79. The van der Waals surface area contributed by atoms with Gasteiger partial charge in [-0.05, 0) is 40.0 Å². The molecule has 0 radical (unpaired) electrons. The fourth-order valence-corrected chi connectivity index (χ4v) is 2.36. The molecule has 0 fully saturated rings. The van der Waals surface area contributed by atoms with Gasteiger partial charge in [0.1, 0.15) is 11.7 Å². The van der Waals surface area contributed by atoms with Crippen LogP contribution in [0.1, 0.15) is 17.0 Å². The summed E-state index contributed by atoms with van der Waals surface area (Å²) in [4.78, 5) is 16.7. The molecule has 1 heterocycles. The Kier molecular flexibility index (Phi) is 5.03. The molecule has 1 unspecified atom stereocenters. The fraction of sp³-hybridized carbons (Fsp3) is 0.133. The minimum atomic E-state index is -0.674. The lowest BCUT2D eigenvalue weighted by atomic mass is 9.98. The molecule has 0 saturated heterocycles. The third-order valence-electron chi connectivity index (χ3n) is 2.98. The first-order valence-corrected chi connectivity index (χ1v) is 7.46. The van der Waals surface area contributed by atoms with Gasteiger partial charge in [0.05, 0.1) is 4.99 Å². The number of aromatic nitrogens is 1. The number of aryl methyl sites for hydroxylation is 1. The first-order valence-electron chi connectivity index (χ1n) is 6.26. The molecule has 0 saturated carbocycles. The van der Waals surface area contributed by atoms with E-state index in [1.807, 2.05) is 37.3 Å². The minimum absolute atomic E-state index is 0.132. The number of benzene rings is 1. The van der Waals surface area contributed by atoms with Crippen molar-refractivity contribution in [1.82, 2.24) is 4.98 Å². The van der Waals surface area contributed by atoms with Crippen molar-refractivity contribution >= 4 is 44.9 Å². The maximum Gasteiger partial charge on any atom is 0.239 e. The summed E-state index contributed by atoms with van der Waals surface area (Å²) in [5.74, 6) is -0.493. The highest BCUT2D eigenvalue weighted by Gasteiger charge is 2.23. The maximum absolute atomic E-state index is 12.4. The van der Waals surface area contributed by atoms with Gasteiger partial charge >= 0.3 is 0 Å². The number of hydrogen-bond donors (Lipinski definition) is 2. The molecule has 4 nitrogen and oxygen atoms in total. The third kappa shape index (κ3) is 3.86.